The Bertz CT molecular complexity index is 453. The van der Waals surface area contributed by atoms with Gasteiger partial charge in [0.25, 0.3) is 5.91 Å². The zero-order chi connectivity index (χ0) is 13.9. The normalized spacial score (nSPS) is 12.0. The molecular formula is C12H20N4O2. The van der Waals surface area contributed by atoms with Crippen LogP contribution in [0.2, 0.25) is 0 Å². The Morgan fingerprint density at radius 2 is 2.17 bits per heavy atom. The number of nitrogens with zero attached hydrogens (tertiary/aromatic N) is 2. The highest BCUT2D eigenvalue weighted by atomic mass is 16.2. The van der Waals surface area contributed by atoms with Gasteiger partial charge in [-0.3, -0.25) is 9.59 Å². The van der Waals surface area contributed by atoms with Crippen LogP contribution in [-0.4, -0.2) is 40.9 Å². The molecule has 0 aliphatic carbocycles. The lowest BCUT2D eigenvalue weighted by molar-refractivity contribution is -0.131. The zero-order valence-corrected chi connectivity index (χ0v) is 11.2. The predicted molar refractivity (Wildman–Crippen MR) is 70.1 cm³/mol. The SMILES string of the molecule is CCN(C)C(=O)C(C)NC(=O)c1cc(N)cn1C. The number of hydrogen-bond donors (Lipinski definition) is 2. The van der Waals surface area contributed by atoms with E-state index in [2.05, 4.69) is 5.32 Å². The maximum atomic E-state index is 11.9. The number of amides is 2. The van der Waals surface area contributed by atoms with Gasteiger partial charge in [0.1, 0.15) is 11.7 Å². The molecule has 18 heavy (non-hydrogen) atoms. The Labute approximate surface area is 107 Å². The van der Waals surface area contributed by atoms with E-state index in [1.165, 1.54) is 0 Å². The summed E-state index contributed by atoms with van der Waals surface area (Å²) in [4.78, 5) is 25.3. The van der Waals surface area contributed by atoms with Crippen LogP contribution in [0.5, 0.6) is 0 Å². The number of hydrogen-bond acceptors (Lipinski definition) is 3. The Morgan fingerprint density at radius 3 is 2.61 bits per heavy atom. The highest BCUT2D eigenvalue weighted by Gasteiger charge is 2.20. The van der Waals surface area contributed by atoms with Gasteiger partial charge in [-0.15, -0.1) is 0 Å². The number of carbonyl (C=O) groups excluding carboxylic acids is 2. The lowest BCUT2D eigenvalue weighted by Crippen LogP contribution is -2.45. The van der Waals surface area contributed by atoms with Crippen molar-refractivity contribution in [3.05, 3.63) is 18.0 Å². The molecule has 1 unspecified atom stereocenters. The third-order valence-electron chi connectivity index (χ3n) is 2.83. The van der Waals surface area contributed by atoms with Gasteiger partial charge >= 0.3 is 0 Å². The zero-order valence-electron chi connectivity index (χ0n) is 11.2. The first-order valence-corrected chi connectivity index (χ1v) is 5.84. The van der Waals surface area contributed by atoms with Gasteiger partial charge in [-0.05, 0) is 19.9 Å². The predicted octanol–water partition coefficient (Wildman–Crippen LogP) is 0.204. The van der Waals surface area contributed by atoms with Gasteiger partial charge in [0.15, 0.2) is 0 Å². The van der Waals surface area contributed by atoms with E-state index in [0.29, 0.717) is 17.9 Å². The first-order valence-electron chi connectivity index (χ1n) is 5.84. The summed E-state index contributed by atoms with van der Waals surface area (Å²) >= 11 is 0. The number of nitrogens with two attached hydrogens (primary N) is 1. The van der Waals surface area contributed by atoms with Crippen molar-refractivity contribution in [3.63, 3.8) is 0 Å². The van der Waals surface area contributed by atoms with Gasteiger partial charge in [-0.25, -0.2) is 0 Å². The van der Waals surface area contributed by atoms with Crippen LogP contribution < -0.4 is 11.1 Å². The maximum Gasteiger partial charge on any atom is 0.268 e. The quantitative estimate of drug-likeness (QED) is 0.803. The van der Waals surface area contributed by atoms with Crippen molar-refractivity contribution in [3.8, 4) is 0 Å². The second-order valence-corrected chi connectivity index (χ2v) is 4.32. The van der Waals surface area contributed by atoms with Gasteiger partial charge in [-0.2, -0.15) is 0 Å². The first-order chi connectivity index (χ1) is 8.36. The van der Waals surface area contributed by atoms with Crippen molar-refractivity contribution < 1.29 is 9.59 Å². The summed E-state index contributed by atoms with van der Waals surface area (Å²) in [7, 11) is 3.43. The Morgan fingerprint density at radius 1 is 1.56 bits per heavy atom. The minimum Gasteiger partial charge on any atom is -0.397 e. The Hall–Kier alpha value is -1.98. The van der Waals surface area contributed by atoms with Crippen molar-refractivity contribution in [2.75, 3.05) is 19.3 Å². The van der Waals surface area contributed by atoms with Gasteiger partial charge in [-0.1, -0.05) is 0 Å². The van der Waals surface area contributed by atoms with Crippen LogP contribution in [0.25, 0.3) is 0 Å². The molecule has 100 valence electrons. The number of carbonyl (C=O) groups is 2. The highest BCUT2D eigenvalue weighted by Crippen LogP contribution is 2.08. The summed E-state index contributed by atoms with van der Waals surface area (Å²) < 4.78 is 1.63. The summed E-state index contributed by atoms with van der Waals surface area (Å²) in [6.07, 6.45) is 1.65. The van der Waals surface area contributed by atoms with E-state index in [1.54, 1.807) is 42.7 Å². The number of rotatable bonds is 4. The van der Waals surface area contributed by atoms with Gasteiger partial charge in [0, 0.05) is 26.8 Å². The molecule has 0 aliphatic heterocycles. The minimum absolute atomic E-state index is 0.118. The van der Waals surface area contributed by atoms with Crippen LogP contribution in [0, 0.1) is 0 Å². The van der Waals surface area contributed by atoms with E-state index < -0.39 is 6.04 Å². The summed E-state index contributed by atoms with van der Waals surface area (Å²) in [6, 6.07) is 1.02. The molecule has 1 atom stereocenters. The molecule has 1 rings (SSSR count). The van der Waals surface area contributed by atoms with Crippen LogP contribution >= 0.6 is 0 Å². The van der Waals surface area contributed by atoms with E-state index in [-0.39, 0.29) is 11.8 Å². The fraction of sp³-hybridized carbons (Fsp3) is 0.500. The molecule has 3 N–H and O–H groups in total. The van der Waals surface area contributed by atoms with E-state index in [1.807, 2.05) is 6.92 Å². The molecule has 1 heterocycles. The van der Waals surface area contributed by atoms with E-state index in [4.69, 9.17) is 5.73 Å². The fourth-order valence-electron chi connectivity index (χ4n) is 1.63. The largest absolute Gasteiger partial charge is 0.397 e. The third kappa shape index (κ3) is 3.03. The Kier molecular flexibility index (Phi) is 4.36. The molecular weight excluding hydrogens is 232 g/mol. The summed E-state index contributed by atoms with van der Waals surface area (Å²) in [5, 5.41) is 2.66. The molecule has 0 saturated heterocycles. The molecule has 0 aliphatic rings. The number of likely N-dealkylation sites (N-methyl/N-ethyl adjacent to an activating group) is 1. The third-order valence-corrected chi connectivity index (χ3v) is 2.83. The number of aromatic nitrogens is 1. The molecule has 1 aromatic heterocycles. The molecule has 0 aromatic carbocycles. The monoisotopic (exact) mass is 252 g/mol. The van der Waals surface area contributed by atoms with Crippen molar-refractivity contribution in [1.82, 2.24) is 14.8 Å². The average Bonchev–Trinajstić information content (AvgIpc) is 2.66. The first kappa shape index (κ1) is 14.1. The molecule has 0 radical (unpaired) electrons. The van der Waals surface area contributed by atoms with Crippen molar-refractivity contribution in [1.29, 1.82) is 0 Å². The molecule has 0 fully saturated rings. The van der Waals surface area contributed by atoms with Crippen molar-refractivity contribution in [2.24, 2.45) is 7.05 Å². The molecule has 0 bridgehead atoms. The van der Waals surface area contributed by atoms with Crippen LogP contribution in [0.1, 0.15) is 24.3 Å². The summed E-state index contributed by atoms with van der Waals surface area (Å²) in [5.74, 6) is -0.424. The van der Waals surface area contributed by atoms with Gasteiger partial charge < -0.3 is 20.5 Å². The van der Waals surface area contributed by atoms with E-state index >= 15 is 0 Å². The van der Waals surface area contributed by atoms with Crippen LogP contribution in [-0.2, 0) is 11.8 Å². The van der Waals surface area contributed by atoms with Crippen LogP contribution in [0.4, 0.5) is 5.69 Å². The van der Waals surface area contributed by atoms with Crippen LogP contribution in [0.3, 0.4) is 0 Å². The van der Waals surface area contributed by atoms with Gasteiger partial charge in [0.05, 0.1) is 5.69 Å². The average molecular weight is 252 g/mol. The fourth-order valence-corrected chi connectivity index (χ4v) is 1.63. The molecule has 0 spiro atoms. The molecule has 6 nitrogen and oxygen atoms in total. The van der Waals surface area contributed by atoms with E-state index in [0.717, 1.165) is 0 Å². The summed E-state index contributed by atoms with van der Waals surface area (Å²) in [6.45, 7) is 4.15. The number of nitrogen functional groups attached to an aromatic ring is 1. The smallest absolute Gasteiger partial charge is 0.268 e. The Balaban J connectivity index is 2.71. The molecule has 2 amide bonds. The molecule has 6 heteroatoms. The van der Waals surface area contributed by atoms with Crippen molar-refractivity contribution >= 4 is 17.5 Å². The number of nitrogens with one attached hydrogen (secondary N) is 1. The maximum absolute atomic E-state index is 11.9. The van der Waals surface area contributed by atoms with Gasteiger partial charge in [0.2, 0.25) is 5.91 Å². The highest BCUT2D eigenvalue weighted by molar-refractivity contribution is 5.97. The number of aryl methyl sites for hydroxylation is 1. The van der Waals surface area contributed by atoms with Crippen LogP contribution in [0.15, 0.2) is 12.3 Å². The lowest BCUT2D eigenvalue weighted by atomic mass is 10.2. The van der Waals surface area contributed by atoms with E-state index in [9.17, 15) is 9.59 Å². The van der Waals surface area contributed by atoms with Crippen molar-refractivity contribution in [2.45, 2.75) is 19.9 Å². The number of anilines is 1. The second kappa shape index (κ2) is 5.57. The second-order valence-electron chi connectivity index (χ2n) is 4.32. The lowest BCUT2D eigenvalue weighted by Gasteiger charge is -2.20. The standard InChI is InChI=1S/C12H20N4O2/c1-5-15(3)12(18)8(2)14-11(17)10-6-9(13)7-16(10)4/h6-8H,5,13H2,1-4H3,(H,14,17). The topological polar surface area (TPSA) is 80.4 Å². The molecule has 0 saturated carbocycles. The minimum atomic E-state index is -0.557. The molecule has 1 aromatic rings. The summed E-state index contributed by atoms with van der Waals surface area (Å²) in [5.41, 5.74) is 6.56.